The van der Waals surface area contributed by atoms with E-state index in [9.17, 15) is 15.0 Å². The van der Waals surface area contributed by atoms with Gasteiger partial charge in [0.05, 0.1) is 30.4 Å². The zero-order chi connectivity index (χ0) is 27.1. The van der Waals surface area contributed by atoms with Crippen LogP contribution in [-0.2, 0) is 5.60 Å². The molecule has 1 unspecified atom stereocenters. The first-order valence-electron chi connectivity index (χ1n) is 13.5. The quantitative estimate of drug-likeness (QED) is 0.403. The van der Waals surface area contributed by atoms with E-state index in [2.05, 4.69) is 39.6 Å². The van der Waals surface area contributed by atoms with Crippen LogP contribution in [0.3, 0.4) is 0 Å². The second-order valence-electron chi connectivity index (χ2n) is 10.9. The van der Waals surface area contributed by atoms with Gasteiger partial charge in [-0.1, -0.05) is 24.3 Å². The Morgan fingerprint density at radius 1 is 1.21 bits per heavy atom. The molecule has 2 aromatic heterocycles. The summed E-state index contributed by atoms with van der Waals surface area (Å²) in [5.74, 6) is 0.336. The number of nitrogens with zero attached hydrogens (tertiary/aromatic N) is 2. The number of benzene rings is 1. The van der Waals surface area contributed by atoms with Crippen LogP contribution < -0.4 is 10.1 Å². The number of aliphatic hydroxyl groups excluding tert-OH is 1. The maximum Gasteiger partial charge on any atom is 0.258 e. The number of aromatic amines is 1. The average molecular weight is 527 g/mol. The lowest BCUT2D eigenvalue weighted by atomic mass is 9.87. The predicted octanol–water partition coefficient (Wildman–Crippen LogP) is 3.78. The molecule has 3 aliphatic rings. The minimum absolute atomic E-state index is 0.142. The molecule has 4 heterocycles. The number of carbonyl (C=O) groups excluding carboxylic acids is 1. The second-order valence-corrected chi connectivity index (χ2v) is 10.9. The molecule has 1 aliphatic carbocycles. The summed E-state index contributed by atoms with van der Waals surface area (Å²) in [6.45, 7) is 5.76. The smallest absolute Gasteiger partial charge is 0.258 e. The van der Waals surface area contributed by atoms with Gasteiger partial charge in [0.15, 0.2) is 0 Å². The first kappa shape index (κ1) is 25.6. The molecule has 0 saturated carbocycles. The van der Waals surface area contributed by atoms with Crippen LogP contribution >= 0.6 is 0 Å². The molecule has 4 N–H and O–H groups in total. The Hall–Kier alpha value is -3.72. The standard InChI is InChI=1S/C31H34N4O4/c1-31(2,38)20-6-7-23-28(16-20)39-15-14-35(30(23)37)27-5-3-4-21(25(27)18-36)22-10-13-33-29-24(22)17-26(34-29)19-8-11-32-12-9-19/h3-4,6-8,10,13,16-17,27,32,36,38H,5,9,11-12,14-15,18H2,1-2H3,(H,33,34). The van der Waals surface area contributed by atoms with E-state index < -0.39 is 5.60 Å². The monoisotopic (exact) mass is 526 g/mol. The van der Waals surface area contributed by atoms with Crippen LogP contribution in [0.15, 0.2) is 60.3 Å². The fourth-order valence-corrected chi connectivity index (χ4v) is 5.82. The second kappa shape index (κ2) is 10.1. The SMILES string of the molecule is CC(C)(O)c1ccc2c(c1)OCCN(C1CC=CC(c3ccnc4[nH]c(C5=CCNCC5)cc34)=C1CO)C2=O. The lowest BCUT2D eigenvalue weighted by Crippen LogP contribution is -2.44. The maximum atomic E-state index is 13.8. The number of hydrogen-bond donors (Lipinski definition) is 4. The van der Waals surface area contributed by atoms with Gasteiger partial charge < -0.3 is 30.2 Å². The number of rotatable bonds is 5. The van der Waals surface area contributed by atoms with Crippen molar-refractivity contribution < 1.29 is 19.7 Å². The molecular formula is C31H34N4O4. The third kappa shape index (κ3) is 4.69. The zero-order valence-corrected chi connectivity index (χ0v) is 22.3. The summed E-state index contributed by atoms with van der Waals surface area (Å²) < 4.78 is 5.98. The first-order valence-corrected chi connectivity index (χ1v) is 13.5. The number of pyridine rings is 1. The third-order valence-electron chi connectivity index (χ3n) is 7.94. The van der Waals surface area contributed by atoms with Crippen molar-refractivity contribution in [2.75, 3.05) is 32.8 Å². The highest BCUT2D eigenvalue weighted by molar-refractivity contribution is 5.99. The van der Waals surface area contributed by atoms with Crippen LogP contribution in [0, 0.1) is 0 Å². The van der Waals surface area contributed by atoms with Gasteiger partial charge in [-0.25, -0.2) is 4.98 Å². The number of nitrogens with one attached hydrogen (secondary N) is 2. The molecule has 0 radical (unpaired) electrons. The highest BCUT2D eigenvalue weighted by Gasteiger charge is 2.34. The van der Waals surface area contributed by atoms with Crippen molar-refractivity contribution in [3.05, 3.63) is 82.7 Å². The van der Waals surface area contributed by atoms with Crippen LogP contribution in [0.5, 0.6) is 5.75 Å². The summed E-state index contributed by atoms with van der Waals surface area (Å²) in [6, 6.07) is 9.08. The highest BCUT2D eigenvalue weighted by Crippen LogP contribution is 2.37. The lowest BCUT2D eigenvalue weighted by molar-refractivity contribution is 0.0694. The Balaban J connectivity index is 1.39. The molecule has 3 aromatic rings. The molecule has 0 fully saturated rings. The Kier molecular flexibility index (Phi) is 6.62. The van der Waals surface area contributed by atoms with Crippen molar-refractivity contribution in [2.24, 2.45) is 0 Å². The number of H-pyrrole nitrogens is 1. The Morgan fingerprint density at radius 2 is 2.08 bits per heavy atom. The normalized spacial score (nSPS) is 20.1. The van der Waals surface area contributed by atoms with Crippen LogP contribution in [0.4, 0.5) is 0 Å². The molecular weight excluding hydrogens is 492 g/mol. The van der Waals surface area contributed by atoms with E-state index in [0.717, 1.165) is 52.9 Å². The molecule has 8 heteroatoms. The molecule has 0 bridgehead atoms. The minimum atomic E-state index is -1.04. The average Bonchev–Trinajstić information content (AvgIpc) is 3.32. The molecule has 1 atom stereocenters. The van der Waals surface area contributed by atoms with Gasteiger partial charge in [-0.3, -0.25) is 4.79 Å². The number of aliphatic hydroxyl groups is 2. The summed E-state index contributed by atoms with van der Waals surface area (Å²) in [6.07, 6.45) is 9.68. The largest absolute Gasteiger partial charge is 0.491 e. The number of carbonyl (C=O) groups is 1. The van der Waals surface area contributed by atoms with E-state index >= 15 is 0 Å². The Bertz CT molecular complexity index is 1530. The summed E-state index contributed by atoms with van der Waals surface area (Å²) in [5, 5.41) is 25.4. The van der Waals surface area contributed by atoms with Crippen molar-refractivity contribution in [3.63, 3.8) is 0 Å². The van der Waals surface area contributed by atoms with Gasteiger partial charge in [-0.2, -0.15) is 0 Å². The summed E-state index contributed by atoms with van der Waals surface area (Å²) in [5.41, 5.74) is 5.96. The fraction of sp³-hybridized carbons (Fsp3) is 0.355. The van der Waals surface area contributed by atoms with E-state index in [1.807, 2.05) is 11.0 Å². The van der Waals surface area contributed by atoms with Gasteiger partial charge in [0, 0.05) is 23.8 Å². The molecule has 0 spiro atoms. The minimum Gasteiger partial charge on any atom is -0.491 e. The van der Waals surface area contributed by atoms with E-state index in [0.29, 0.717) is 36.4 Å². The van der Waals surface area contributed by atoms with Crippen molar-refractivity contribution in [3.8, 4) is 5.75 Å². The molecule has 8 nitrogen and oxygen atoms in total. The number of aromatic nitrogens is 2. The van der Waals surface area contributed by atoms with Gasteiger partial charge in [0.1, 0.15) is 18.0 Å². The summed E-state index contributed by atoms with van der Waals surface area (Å²) >= 11 is 0. The third-order valence-corrected chi connectivity index (χ3v) is 7.94. The van der Waals surface area contributed by atoms with E-state index in [1.165, 1.54) is 5.57 Å². The van der Waals surface area contributed by atoms with Gasteiger partial charge in [-0.15, -0.1) is 0 Å². The van der Waals surface area contributed by atoms with Gasteiger partial charge in [0.2, 0.25) is 0 Å². The zero-order valence-electron chi connectivity index (χ0n) is 22.3. The number of hydrogen-bond acceptors (Lipinski definition) is 6. The predicted molar refractivity (Wildman–Crippen MR) is 151 cm³/mol. The molecule has 1 amide bonds. The van der Waals surface area contributed by atoms with Crippen LogP contribution in [-0.4, -0.2) is 69.9 Å². The number of allylic oxidation sites excluding steroid dienone is 2. The summed E-state index contributed by atoms with van der Waals surface area (Å²) in [4.78, 5) is 23.7. The van der Waals surface area contributed by atoms with Crippen molar-refractivity contribution in [1.29, 1.82) is 0 Å². The van der Waals surface area contributed by atoms with Gasteiger partial charge >= 0.3 is 0 Å². The number of fused-ring (bicyclic) bond motifs is 2. The highest BCUT2D eigenvalue weighted by atomic mass is 16.5. The number of ether oxygens (including phenoxy) is 1. The molecule has 202 valence electrons. The van der Waals surface area contributed by atoms with Crippen LogP contribution in [0.25, 0.3) is 22.2 Å². The molecule has 39 heavy (non-hydrogen) atoms. The Labute approximate surface area is 227 Å². The van der Waals surface area contributed by atoms with Crippen LogP contribution in [0.1, 0.15) is 53.9 Å². The van der Waals surface area contributed by atoms with E-state index in [4.69, 9.17) is 4.74 Å². The maximum absolute atomic E-state index is 13.8. The Morgan fingerprint density at radius 3 is 2.85 bits per heavy atom. The van der Waals surface area contributed by atoms with Crippen molar-refractivity contribution in [1.82, 2.24) is 20.2 Å². The van der Waals surface area contributed by atoms with Crippen molar-refractivity contribution in [2.45, 2.75) is 38.3 Å². The van der Waals surface area contributed by atoms with E-state index in [1.54, 1.807) is 38.2 Å². The molecule has 6 rings (SSSR count). The lowest BCUT2D eigenvalue weighted by Gasteiger charge is -2.34. The molecule has 2 aliphatic heterocycles. The van der Waals surface area contributed by atoms with E-state index in [-0.39, 0.29) is 18.6 Å². The van der Waals surface area contributed by atoms with Gasteiger partial charge in [0.25, 0.3) is 5.91 Å². The first-order chi connectivity index (χ1) is 18.8. The van der Waals surface area contributed by atoms with Gasteiger partial charge in [-0.05, 0) is 85.3 Å². The number of amides is 1. The summed E-state index contributed by atoms with van der Waals surface area (Å²) in [7, 11) is 0. The van der Waals surface area contributed by atoms with Crippen molar-refractivity contribution >= 4 is 28.1 Å². The topological polar surface area (TPSA) is 111 Å². The molecule has 0 saturated heterocycles. The van der Waals surface area contributed by atoms with Crippen LogP contribution in [0.2, 0.25) is 0 Å². The molecule has 1 aromatic carbocycles. The fourth-order valence-electron chi connectivity index (χ4n) is 5.82.